The molecule has 0 bridgehead atoms. The average molecular weight is 200 g/mol. The van der Waals surface area contributed by atoms with Crippen LogP contribution in [0.1, 0.15) is 11.7 Å². The van der Waals surface area contributed by atoms with Crippen LogP contribution in [0.15, 0.2) is 41.8 Å². The van der Waals surface area contributed by atoms with E-state index in [4.69, 9.17) is 0 Å². The molecule has 1 N–H and O–H groups in total. The molecule has 0 saturated carbocycles. The van der Waals surface area contributed by atoms with E-state index in [9.17, 15) is 0 Å². The largest absolute Gasteiger partial charge is 0.350 e. The topological polar surface area (TPSA) is 42.2 Å². The molecular formula is C11H12N4. The summed E-state index contributed by atoms with van der Waals surface area (Å²) >= 11 is 0. The van der Waals surface area contributed by atoms with E-state index in [1.54, 1.807) is 0 Å². The lowest BCUT2D eigenvalue weighted by Crippen LogP contribution is -2.29. The number of allylic oxidation sites excluding steroid dienone is 1. The zero-order chi connectivity index (χ0) is 10.3. The van der Waals surface area contributed by atoms with Gasteiger partial charge in [-0.3, -0.25) is 4.68 Å². The Hall–Kier alpha value is -1.84. The van der Waals surface area contributed by atoms with Crippen LogP contribution >= 0.6 is 0 Å². The SMILES string of the molecule is Cc1ccn(C2C=CN=C3NC=CC32)n1. The lowest BCUT2D eigenvalue weighted by Gasteiger charge is -2.22. The van der Waals surface area contributed by atoms with Gasteiger partial charge in [-0.05, 0) is 25.3 Å². The molecule has 1 aromatic heterocycles. The Kier molecular flexibility index (Phi) is 1.74. The first-order valence-corrected chi connectivity index (χ1v) is 5.04. The molecule has 4 nitrogen and oxygen atoms in total. The van der Waals surface area contributed by atoms with Gasteiger partial charge in [0.25, 0.3) is 0 Å². The van der Waals surface area contributed by atoms with Crippen LogP contribution in [-0.2, 0) is 0 Å². The van der Waals surface area contributed by atoms with Crippen LogP contribution in [0.5, 0.6) is 0 Å². The number of aromatic nitrogens is 2. The molecule has 4 heteroatoms. The molecule has 2 unspecified atom stereocenters. The van der Waals surface area contributed by atoms with E-state index in [1.807, 2.05) is 36.3 Å². The lowest BCUT2D eigenvalue weighted by molar-refractivity contribution is 0.487. The maximum atomic E-state index is 4.44. The van der Waals surface area contributed by atoms with Gasteiger partial charge in [-0.2, -0.15) is 5.10 Å². The number of hydrogen-bond acceptors (Lipinski definition) is 3. The molecule has 0 aromatic carbocycles. The zero-order valence-electron chi connectivity index (χ0n) is 8.46. The predicted molar refractivity (Wildman–Crippen MR) is 58.3 cm³/mol. The number of nitrogens with one attached hydrogen (secondary N) is 1. The molecule has 1 aromatic rings. The van der Waals surface area contributed by atoms with Crippen LogP contribution in [-0.4, -0.2) is 15.6 Å². The number of nitrogens with zero attached hydrogens (tertiary/aromatic N) is 3. The first kappa shape index (κ1) is 8.47. The van der Waals surface area contributed by atoms with Crippen molar-refractivity contribution in [3.05, 3.63) is 42.5 Å². The van der Waals surface area contributed by atoms with Crippen molar-refractivity contribution in [3.8, 4) is 0 Å². The summed E-state index contributed by atoms with van der Waals surface area (Å²) in [5, 5.41) is 7.59. The molecular weight excluding hydrogens is 188 g/mol. The normalized spacial score (nSPS) is 27.4. The van der Waals surface area contributed by atoms with Gasteiger partial charge in [0.2, 0.25) is 0 Å². The first-order chi connectivity index (χ1) is 7.34. The summed E-state index contributed by atoms with van der Waals surface area (Å²) in [6, 6.07) is 2.27. The van der Waals surface area contributed by atoms with Gasteiger partial charge >= 0.3 is 0 Å². The Morgan fingerprint density at radius 1 is 1.40 bits per heavy atom. The van der Waals surface area contributed by atoms with Crippen molar-refractivity contribution in [3.63, 3.8) is 0 Å². The second kappa shape index (κ2) is 3.08. The minimum absolute atomic E-state index is 0.248. The molecule has 2 aliphatic rings. The second-order valence-corrected chi connectivity index (χ2v) is 3.81. The van der Waals surface area contributed by atoms with E-state index >= 15 is 0 Å². The summed E-state index contributed by atoms with van der Waals surface area (Å²) in [6.45, 7) is 2.00. The van der Waals surface area contributed by atoms with Crippen molar-refractivity contribution < 1.29 is 0 Å². The smallest absolute Gasteiger partial charge is 0.115 e. The van der Waals surface area contributed by atoms with E-state index < -0.39 is 0 Å². The van der Waals surface area contributed by atoms with Gasteiger partial charge in [-0.25, -0.2) is 4.99 Å². The summed E-state index contributed by atoms with van der Waals surface area (Å²) in [5.74, 6) is 1.31. The summed E-state index contributed by atoms with van der Waals surface area (Å²) in [5.41, 5.74) is 1.04. The Balaban J connectivity index is 1.97. The molecule has 2 atom stereocenters. The number of rotatable bonds is 1. The third kappa shape index (κ3) is 1.29. The highest BCUT2D eigenvalue weighted by atomic mass is 15.3. The van der Waals surface area contributed by atoms with Gasteiger partial charge in [-0.15, -0.1) is 0 Å². The molecule has 0 radical (unpaired) electrons. The molecule has 15 heavy (non-hydrogen) atoms. The van der Waals surface area contributed by atoms with Crippen molar-refractivity contribution in [2.24, 2.45) is 10.9 Å². The molecule has 2 aliphatic heterocycles. The summed E-state index contributed by atoms with van der Waals surface area (Å²) in [6.07, 6.45) is 10.0. The van der Waals surface area contributed by atoms with Gasteiger partial charge in [0, 0.05) is 12.4 Å². The number of aliphatic imine (C=N–C) groups is 1. The first-order valence-electron chi connectivity index (χ1n) is 5.04. The highest BCUT2D eigenvalue weighted by Crippen LogP contribution is 2.27. The number of amidine groups is 1. The molecule has 3 heterocycles. The van der Waals surface area contributed by atoms with Gasteiger partial charge in [0.1, 0.15) is 5.84 Å². The minimum Gasteiger partial charge on any atom is -0.350 e. The Bertz CT molecular complexity index is 467. The fourth-order valence-corrected chi connectivity index (χ4v) is 2.01. The van der Waals surface area contributed by atoms with Gasteiger partial charge < -0.3 is 5.32 Å². The van der Waals surface area contributed by atoms with Crippen LogP contribution < -0.4 is 5.32 Å². The minimum atomic E-state index is 0.248. The van der Waals surface area contributed by atoms with E-state index in [-0.39, 0.29) is 6.04 Å². The zero-order valence-corrected chi connectivity index (χ0v) is 8.46. The van der Waals surface area contributed by atoms with Crippen molar-refractivity contribution >= 4 is 5.84 Å². The highest BCUT2D eigenvalue weighted by molar-refractivity contribution is 5.91. The van der Waals surface area contributed by atoms with Crippen molar-refractivity contribution in [2.45, 2.75) is 13.0 Å². The number of hydrogen-bond donors (Lipinski definition) is 1. The number of aryl methyl sites for hydroxylation is 1. The number of fused-ring (bicyclic) bond motifs is 1. The highest BCUT2D eigenvalue weighted by Gasteiger charge is 2.28. The van der Waals surface area contributed by atoms with E-state index in [0.29, 0.717) is 5.92 Å². The molecule has 76 valence electrons. The average Bonchev–Trinajstić information content (AvgIpc) is 2.84. The predicted octanol–water partition coefficient (Wildman–Crippen LogP) is 1.39. The summed E-state index contributed by atoms with van der Waals surface area (Å²) in [7, 11) is 0. The van der Waals surface area contributed by atoms with Crippen LogP contribution in [0.3, 0.4) is 0 Å². The van der Waals surface area contributed by atoms with E-state index in [1.165, 1.54) is 0 Å². The van der Waals surface area contributed by atoms with Gasteiger partial charge in [-0.1, -0.05) is 6.08 Å². The molecule has 0 amide bonds. The quantitative estimate of drug-likeness (QED) is 0.744. The third-order valence-corrected chi connectivity index (χ3v) is 2.76. The van der Waals surface area contributed by atoms with Gasteiger partial charge in [0.05, 0.1) is 17.7 Å². The molecule has 0 spiro atoms. The Morgan fingerprint density at radius 3 is 3.13 bits per heavy atom. The maximum Gasteiger partial charge on any atom is 0.115 e. The van der Waals surface area contributed by atoms with Crippen LogP contribution in [0.4, 0.5) is 0 Å². The fourth-order valence-electron chi connectivity index (χ4n) is 2.01. The van der Waals surface area contributed by atoms with Crippen molar-refractivity contribution in [1.29, 1.82) is 0 Å². The lowest BCUT2D eigenvalue weighted by atomic mass is 9.98. The Morgan fingerprint density at radius 2 is 2.33 bits per heavy atom. The Labute approximate surface area is 88.0 Å². The van der Waals surface area contributed by atoms with E-state index in [2.05, 4.69) is 27.6 Å². The standard InChI is InChI=1S/C11H12N4/c1-8-4-7-15(14-8)10-3-6-13-11-9(10)2-5-12-11/h2-7,9-10H,1H3,(H,12,13). The molecule has 0 fully saturated rings. The van der Waals surface area contributed by atoms with Crippen molar-refractivity contribution in [2.75, 3.05) is 0 Å². The van der Waals surface area contributed by atoms with E-state index in [0.717, 1.165) is 11.5 Å². The van der Waals surface area contributed by atoms with Crippen LogP contribution in [0, 0.1) is 12.8 Å². The summed E-state index contributed by atoms with van der Waals surface area (Å²) < 4.78 is 1.99. The van der Waals surface area contributed by atoms with Gasteiger partial charge in [0.15, 0.2) is 0 Å². The second-order valence-electron chi connectivity index (χ2n) is 3.81. The maximum absolute atomic E-state index is 4.44. The van der Waals surface area contributed by atoms with Crippen LogP contribution in [0.2, 0.25) is 0 Å². The summed E-state index contributed by atoms with van der Waals surface area (Å²) in [4.78, 5) is 4.30. The third-order valence-electron chi connectivity index (χ3n) is 2.76. The molecule has 0 saturated heterocycles. The monoisotopic (exact) mass is 200 g/mol. The molecule has 3 rings (SSSR count). The molecule has 0 aliphatic carbocycles. The van der Waals surface area contributed by atoms with Crippen LogP contribution in [0.25, 0.3) is 0 Å². The van der Waals surface area contributed by atoms with Crippen molar-refractivity contribution in [1.82, 2.24) is 15.1 Å². The fraction of sp³-hybridized carbons (Fsp3) is 0.273.